The number of rotatable bonds is 7. The average molecular weight is 230 g/mol. The lowest BCUT2D eigenvalue weighted by Crippen LogP contribution is -2.63. The predicted octanol–water partition coefficient (Wildman–Crippen LogP) is 3.15. The SMILES string of the molecule is CCCC[Si](C(C)CC)(N(C)C)N(C)C. The van der Waals surface area contributed by atoms with E-state index < -0.39 is 8.40 Å². The predicted molar refractivity (Wildman–Crippen MR) is 72.6 cm³/mol. The Labute approximate surface area is 97.8 Å². The molecule has 0 spiro atoms. The van der Waals surface area contributed by atoms with E-state index in [4.69, 9.17) is 0 Å². The maximum absolute atomic E-state index is 2.54. The Kier molecular flexibility index (Phi) is 6.72. The van der Waals surface area contributed by atoms with Crippen molar-refractivity contribution in [3.8, 4) is 0 Å². The highest BCUT2D eigenvalue weighted by Gasteiger charge is 2.42. The van der Waals surface area contributed by atoms with Crippen LogP contribution < -0.4 is 0 Å². The zero-order valence-electron chi connectivity index (χ0n) is 11.8. The summed E-state index contributed by atoms with van der Waals surface area (Å²) in [7, 11) is 7.68. The van der Waals surface area contributed by atoms with E-state index in [1.165, 1.54) is 25.3 Å². The van der Waals surface area contributed by atoms with Crippen LogP contribution in [0.4, 0.5) is 0 Å². The summed E-state index contributed by atoms with van der Waals surface area (Å²) in [6.45, 7) is 7.05. The molecule has 0 aliphatic carbocycles. The number of nitrogens with zero attached hydrogens (tertiary/aromatic N) is 2. The molecule has 1 atom stereocenters. The van der Waals surface area contributed by atoms with Gasteiger partial charge in [0.15, 0.2) is 0 Å². The van der Waals surface area contributed by atoms with Crippen LogP contribution in [0.5, 0.6) is 0 Å². The summed E-state index contributed by atoms with van der Waals surface area (Å²) in [5.41, 5.74) is 0.842. The molecule has 0 N–H and O–H groups in total. The standard InChI is InChI=1S/C12H30N2Si/c1-8-10-11-15(13(4)5,14(6)7)12(3)9-2/h12H,8-11H2,1-7H3. The minimum Gasteiger partial charge on any atom is -0.317 e. The van der Waals surface area contributed by atoms with Gasteiger partial charge in [-0.3, -0.25) is 0 Å². The van der Waals surface area contributed by atoms with Gasteiger partial charge in [-0.25, -0.2) is 0 Å². The van der Waals surface area contributed by atoms with Crippen molar-refractivity contribution in [2.24, 2.45) is 0 Å². The highest BCUT2D eigenvalue weighted by atomic mass is 28.3. The zero-order chi connectivity index (χ0) is 12.1. The van der Waals surface area contributed by atoms with Crippen LogP contribution in [-0.4, -0.2) is 45.7 Å². The molecule has 2 nitrogen and oxygen atoms in total. The Bertz CT molecular complexity index is 161. The quantitative estimate of drug-likeness (QED) is 0.620. The first kappa shape index (κ1) is 15.1. The summed E-state index contributed by atoms with van der Waals surface area (Å²) < 4.78 is 5.08. The van der Waals surface area contributed by atoms with Crippen molar-refractivity contribution in [3.63, 3.8) is 0 Å². The number of hydrogen-bond donors (Lipinski definition) is 0. The molecule has 1 unspecified atom stereocenters. The highest BCUT2D eigenvalue weighted by Crippen LogP contribution is 2.33. The molecule has 0 amide bonds. The van der Waals surface area contributed by atoms with Crippen molar-refractivity contribution in [2.75, 3.05) is 28.2 Å². The molecule has 0 rings (SSSR count). The van der Waals surface area contributed by atoms with Gasteiger partial charge in [0.05, 0.1) is 0 Å². The zero-order valence-corrected chi connectivity index (χ0v) is 12.8. The summed E-state index contributed by atoms with van der Waals surface area (Å²) in [6, 6.07) is 1.40. The molecule has 0 aliphatic rings. The minimum atomic E-state index is -1.41. The number of hydrogen-bond acceptors (Lipinski definition) is 2. The van der Waals surface area contributed by atoms with Gasteiger partial charge in [0.2, 0.25) is 8.40 Å². The van der Waals surface area contributed by atoms with Gasteiger partial charge in [0.1, 0.15) is 0 Å². The van der Waals surface area contributed by atoms with Gasteiger partial charge in [-0.05, 0) is 39.8 Å². The van der Waals surface area contributed by atoms with Crippen molar-refractivity contribution in [3.05, 3.63) is 0 Å². The van der Waals surface area contributed by atoms with E-state index in [0.717, 1.165) is 5.54 Å². The molecule has 0 bridgehead atoms. The number of unbranched alkanes of at least 4 members (excludes halogenated alkanes) is 1. The van der Waals surface area contributed by atoms with Gasteiger partial charge >= 0.3 is 0 Å². The van der Waals surface area contributed by atoms with Crippen LogP contribution in [0.1, 0.15) is 40.0 Å². The molecule has 15 heavy (non-hydrogen) atoms. The maximum atomic E-state index is 2.54. The Balaban J connectivity index is 4.90. The normalized spacial score (nSPS) is 15.0. The van der Waals surface area contributed by atoms with Crippen molar-refractivity contribution < 1.29 is 0 Å². The molecular formula is C12H30N2Si. The summed E-state index contributed by atoms with van der Waals surface area (Å²) in [4.78, 5) is 0. The van der Waals surface area contributed by atoms with Crippen LogP contribution in [0.15, 0.2) is 0 Å². The molecule has 0 saturated carbocycles. The van der Waals surface area contributed by atoms with Crippen molar-refractivity contribution >= 4 is 8.40 Å². The molecule has 0 aromatic heterocycles. The van der Waals surface area contributed by atoms with E-state index in [1.54, 1.807) is 0 Å². The Morgan fingerprint density at radius 2 is 1.47 bits per heavy atom. The van der Waals surface area contributed by atoms with Gasteiger partial charge in [0.25, 0.3) is 0 Å². The Morgan fingerprint density at radius 1 is 1.00 bits per heavy atom. The Morgan fingerprint density at radius 3 is 1.73 bits per heavy atom. The molecule has 0 heterocycles. The molecule has 0 saturated heterocycles. The van der Waals surface area contributed by atoms with Crippen LogP contribution in [0.3, 0.4) is 0 Å². The van der Waals surface area contributed by atoms with Gasteiger partial charge in [-0.15, -0.1) is 0 Å². The van der Waals surface area contributed by atoms with E-state index in [1.807, 2.05) is 0 Å². The first-order chi connectivity index (χ1) is 6.93. The van der Waals surface area contributed by atoms with E-state index in [0.29, 0.717) is 0 Å². The highest BCUT2D eigenvalue weighted by molar-refractivity contribution is 6.75. The van der Waals surface area contributed by atoms with Crippen molar-refractivity contribution in [2.45, 2.75) is 51.6 Å². The molecule has 0 fully saturated rings. The fourth-order valence-corrected chi connectivity index (χ4v) is 8.22. The molecule has 0 aliphatic heterocycles. The largest absolute Gasteiger partial charge is 0.317 e. The molecular weight excluding hydrogens is 200 g/mol. The molecule has 92 valence electrons. The van der Waals surface area contributed by atoms with E-state index >= 15 is 0 Å². The maximum Gasteiger partial charge on any atom is 0.208 e. The lowest BCUT2D eigenvalue weighted by atomic mass is 10.4. The second kappa shape index (κ2) is 6.66. The van der Waals surface area contributed by atoms with Gasteiger partial charge in [-0.2, -0.15) is 0 Å². The van der Waals surface area contributed by atoms with Gasteiger partial charge in [-0.1, -0.05) is 40.0 Å². The lowest BCUT2D eigenvalue weighted by Gasteiger charge is -2.47. The molecule has 0 aromatic carbocycles. The fourth-order valence-electron chi connectivity index (χ4n) is 2.74. The van der Waals surface area contributed by atoms with Crippen LogP contribution in [0, 0.1) is 0 Å². The van der Waals surface area contributed by atoms with E-state index in [2.05, 4.69) is 58.1 Å². The summed E-state index contributed by atoms with van der Waals surface area (Å²) in [5, 5.41) is 0. The van der Waals surface area contributed by atoms with Crippen molar-refractivity contribution in [1.29, 1.82) is 0 Å². The third kappa shape index (κ3) is 3.30. The third-order valence-electron chi connectivity index (χ3n) is 3.85. The van der Waals surface area contributed by atoms with E-state index in [-0.39, 0.29) is 0 Å². The van der Waals surface area contributed by atoms with Gasteiger partial charge in [0, 0.05) is 0 Å². The van der Waals surface area contributed by atoms with Gasteiger partial charge < -0.3 is 9.13 Å². The molecule has 0 aromatic rings. The summed E-state index contributed by atoms with van der Waals surface area (Å²) in [6.07, 6.45) is 3.98. The molecule has 3 heteroatoms. The monoisotopic (exact) mass is 230 g/mol. The van der Waals surface area contributed by atoms with Crippen LogP contribution >= 0.6 is 0 Å². The lowest BCUT2D eigenvalue weighted by molar-refractivity contribution is 0.445. The fraction of sp³-hybridized carbons (Fsp3) is 1.00. The third-order valence-corrected chi connectivity index (χ3v) is 10.0. The smallest absolute Gasteiger partial charge is 0.208 e. The minimum absolute atomic E-state index is 0.842. The average Bonchev–Trinajstić information content (AvgIpc) is 2.17. The molecule has 0 radical (unpaired) electrons. The van der Waals surface area contributed by atoms with Crippen LogP contribution in [-0.2, 0) is 0 Å². The summed E-state index contributed by atoms with van der Waals surface area (Å²) in [5.74, 6) is 0. The Hall–Kier alpha value is 0.137. The first-order valence-electron chi connectivity index (χ1n) is 6.28. The second-order valence-electron chi connectivity index (χ2n) is 5.08. The topological polar surface area (TPSA) is 6.48 Å². The van der Waals surface area contributed by atoms with Crippen LogP contribution in [0.25, 0.3) is 0 Å². The summed E-state index contributed by atoms with van der Waals surface area (Å²) >= 11 is 0. The van der Waals surface area contributed by atoms with Crippen LogP contribution in [0.2, 0.25) is 11.6 Å². The second-order valence-corrected chi connectivity index (χ2v) is 10.1. The first-order valence-corrected chi connectivity index (χ1v) is 8.46. The van der Waals surface area contributed by atoms with Crippen molar-refractivity contribution in [1.82, 2.24) is 9.13 Å². The van der Waals surface area contributed by atoms with E-state index in [9.17, 15) is 0 Å².